The molecule has 8 heteroatoms. The van der Waals surface area contributed by atoms with Crippen LogP contribution in [0.5, 0.6) is 0 Å². The van der Waals surface area contributed by atoms with Crippen molar-refractivity contribution in [2.45, 2.75) is 51.0 Å². The number of methoxy groups -OCH3 is 1. The minimum Gasteiger partial charge on any atom is -0.467 e. The molecule has 5 atom stereocenters. The Kier molecular flexibility index (Phi) is 10.9. The van der Waals surface area contributed by atoms with Gasteiger partial charge < -0.3 is 28.4 Å². The van der Waals surface area contributed by atoms with Gasteiger partial charge in [-0.05, 0) is 18.4 Å². The molecule has 1 heterocycles. The van der Waals surface area contributed by atoms with E-state index in [0.29, 0.717) is 13.0 Å². The molecule has 1 aliphatic heterocycles. The predicted molar refractivity (Wildman–Crippen MR) is 117 cm³/mol. The summed E-state index contributed by atoms with van der Waals surface area (Å²) in [5.41, 5.74) is 0.928. The standard InChI is InChI=1S/C24H32O8/c1-5-7-11-15-28-23-21(32-24(26)29-14-6-2)19(17(3)20(31-23)22(25)27-4)30-16-18-12-9-8-10-13-18/h5-6,8-10,12-13,17,19-21,23H,1-2,7,11,14-16H2,3-4H3/t17-,19+,20?,21?,23+/m0/s1. The van der Waals surface area contributed by atoms with Gasteiger partial charge in [0.15, 0.2) is 18.5 Å². The molecule has 32 heavy (non-hydrogen) atoms. The summed E-state index contributed by atoms with van der Waals surface area (Å²) in [5.74, 6) is -1.05. The summed E-state index contributed by atoms with van der Waals surface area (Å²) >= 11 is 0. The topological polar surface area (TPSA) is 89.5 Å². The van der Waals surface area contributed by atoms with Gasteiger partial charge in [-0.15, -0.1) is 6.58 Å². The molecule has 176 valence electrons. The van der Waals surface area contributed by atoms with E-state index < -0.39 is 42.6 Å². The Hall–Kier alpha value is -2.68. The number of carbonyl (C=O) groups is 2. The van der Waals surface area contributed by atoms with Gasteiger partial charge in [0.25, 0.3) is 0 Å². The van der Waals surface area contributed by atoms with Crippen molar-refractivity contribution in [3.05, 3.63) is 61.2 Å². The number of hydrogen-bond acceptors (Lipinski definition) is 8. The van der Waals surface area contributed by atoms with Crippen LogP contribution in [0.2, 0.25) is 0 Å². The fourth-order valence-corrected chi connectivity index (χ4v) is 3.33. The molecule has 0 radical (unpaired) electrons. The highest BCUT2D eigenvalue weighted by Gasteiger charge is 2.50. The van der Waals surface area contributed by atoms with Crippen molar-refractivity contribution in [3.8, 4) is 0 Å². The smallest absolute Gasteiger partial charge is 0.467 e. The Morgan fingerprint density at radius 3 is 2.50 bits per heavy atom. The number of ether oxygens (including phenoxy) is 6. The summed E-state index contributed by atoms with van der Waals surface area (Å²) in [6.45, 7) is 9.53. The van der Waals surface area contributed by atoms with Crippen LogP contribution in [0, 0.1) is 5.92 Å². The van der Waals surface area contributed by atoms with Gasteiger partial charge in [-0.25, -0.2) is 9.59 Å². The van der Waals surface area contributed by atoms with Crippen LogP contribution in [-0.4, -0.2) is 57.1 Å². The Labute approximate surface area is 189 Å². The summed E-state index contributed by atoms with van der Waals surface area (Å²) in [7, 11) is 1.29. The summed E-state index contributed by atoms with van der Waals surface area (Å²) < 4.78 is 33.3. The molecule has 1 aromatic carbocycles. The Morgan fingerprint density at radius 1 is 1.09 bits per heavy atom. The predicted octanol–water partition coefficient (Wildman–Crippen LogP) is 3.80. The van der Waals surface area contributed by atoms with E-state index in [1.54, 1.807) is 13.0 Å². The SMILES string of the molecule is C=CCCCO[C@@H]1OC(C(=O)OC)[C@@H](C)[C@@H](OCc2ccccc2)C1OC(=O)OCC=C. The zero-order chi connectivity index (χ0) is 23.3. The molecule has 0 bridgehead atoms. The average molecular weight is 449 g/mol. The van der Waals surface area contributed by atoms with Crippen molar-refractivity contribution in [2.75, 3.05) is 20.3 Å². The monoisotopic (exact) mass is 448 g/mol. The van der Waals surface area contributed by atoms with Crippen molar-refractivity contribution < 1.29 is 38.0 Å². The van der Waals surface area contributed by atoms with Gasteiger partial charge >= 0.3 is 12.1 Å². The second kappa shape index (κ2) is 13.7. The molecule has 0 aliphatic carbocycles. The van der Waals surface area contributed by atoms with Crippen molar-refractivity contribution in [2.24, 2.45) is 5.92 Å². The Morgan fingerprint density at radius 2 is 1.84 bits per heavy atom. The number of carbonyl (C=O) groups excluding carboxylic acids is 2. The molecule has 0 amide bonds. The number of esters is 1. The van der Waals surface area contributed by atoms with E-state index in [9.17, 15) is 9.59 Å². The van der Waals surface area contributed by atoms with Crippen LogP contribution in [0.25, 0.3) is 0 Å². The molecule has 0 aromatic heterocycles. The fraction of sp³-hybridized carbons (Fsp3) is 0.500. The number of rotatable bonds is 12. The first-order valence-corrected chi connectivity index (χ1v) is 10.6. The van der Waals surface area contributed by atoms with Gasteiger partial charge in [-0.3, -0.25) is 0 Å². The van der Waals surface area contributed by atoms with Crippen LogP contribution in [0.1, 0.15) is 25.3 Å². The third kappa shape index (κ3) is 7.47. The lowest BCUT2D eigenvalue weighted by atomic mass is 9.90. The number of unbranched alkanes of at least 4 members (excludes halogenated alkanes) is 1. The van der Waals surface area contributed by atoms with E-state index in [0.717, 1.165) is 12.0 Å². The maximum atomic E-state index is 12.4. The summed E-state index contributed by atoms with van der Waals surface area (Å²) in [4.78, 5) is 24.6. The molecule has 1 aromatic rings. The van der Waals surface area contributed by atoms with Crippen LogP contribution in [-0.2, 0) is 39.8 Å². The molecule has 1 saturated heterocycles. The normalized spacial score (nSPS) is 24.9. The molecule has 0 N–H and O–H groups in total. The second-order valence-electron chi connectivity index (χ2n) is 7.30. The van der Waals surface area contributed by atoms with Gasteiger partial charge in [-0.2, -0.15) is 0 Å². The van der Waals surface area contributed by atoms with E-state index >= 15 is 0 Å². The van der Waals surface area contributed by atoms with E-state index in [4.69, 9.17) is 28.4 Å². The van der Waals surface area contributed by atoms with Crippen LogP contribution in [0.3, 0.4) is 0 Å². The molecule has 2 rings (SSSR count). The molecule has 2 unspecified atom stereocenters. The van der Waals surface area contributed by atoms with Gasteiger partial charge in [0.1, 0.15) is 12.7 Å². The zero-order valence-electron chi connectivity index (χ0n) is 18.6. The molecule has 8 nitrogen and oxygen atoms in total. The van der Waals surface area contributed by atoms with Gasteiger partial charge in [0.05, 0.1) is 20.3 Å². The molecular formula is C24H32O8. The number of benzene rings is 1. The van der Waals surface area contributed by atoms with Crippen molar-refractivity contribution in [1.82, 2.24) is 0 Å². The largest absolute Gasteiger partial charge is 0.509 e. The van der Waals surface area contributed by atoms with Gasteiger partial charge in [-0.1, -0.05) is 56.0 Å². The van der Waals surface area contributed by atoms with Crippen LogP contribution < -0.4 is 0 Å². The lowest BCUT2D eigenvalue weighted by Gasteiger charge is -2.43. The van der Waals surface area contributed by atoms with Crippen LogP contribution in [0.4, 0.5) is 4.79 Å². The second-order valence-corrected chi connectivity index (χ2v) is 7.30. The maximum Gasteiger partial charge on any atom is 0.509 e. The molecule has 1 fully saturated rings. The van der Waals surface area contributed by atoms with E-state index in [-0.39, 0.29) is 13.2 Å². The first kappa shape index (κ1) is 25.6. The van der Waals surface area contributed by atoms with Gasteiger partial charge in [0.2, 0.25) is 0 Å². The molecule has 0 saturated carbocycles. The lowest BCUT2D eigenvalue weighted by molar-refractivity contribution is -0.291. The first-order chi connectivity index (χ1) is 15.5. The third-order valence-corrected chi connectivity index (χ3v) is 4.97. The molecule has 1 aliphatic rings. The van der Waals surface area contributed by atoms with Crippen LogP contribution in [0.15, 0.2) is 55.6 Å². The number of allylic oxidation sites excluding steroid dienone is 1. The highest BCUT2D eigenvalue weighted by atomic mass is 16.8. The Bertz CT molecular complexity index is 735. The zero-order valence-corrected chi connectivity index (χ0v) is 18.6. The molecular weight excluding hydrogens is 416 g/mol. The van der Waals surface area contributed by atoms with Gasteiger partial charge in [0, 0.05) is 5.92 Å². The third-order valence-electron chi connectivity index (χ3n) is 4.97. The van der Waals surface area contributed by atoms with E-state index in [1.165, 1.54) is 13.2 Å². The maximum absolute atomic E-state index is 12.4. The van der Waals surface area contributed by atoms with Crippen molar-refractivity contribution >= 4 is 12.1 Å². The summed E-state index contributed by atoms with van der Waals surface area (Å²) in [5, 5.41) is 0. The summed E-state index contributed by atoms with van der Waals surface area (Å²) in [6, 6.07) is 9.53. The average Bonchev–Trinajstić information content (AvgIpc) is 2.81. The molecule has 0 spiro atoms. The number of hydrogen-bond donors (Lipinski definition) is 0. The van der Waals surface area contributed by atoms with Crippen molar-refractivity contribution in [3.63, 3.8) is 0 Å². The van der Waals surface area contributed by atoms with Crippen molar-refractivity contribution in [1.29, 1.82) is 0 Å². The Balaban J connectivity index is 2.25. The first-order valence-electron chi connectivity index (χ1n) is 10.6. The summed E-state index contributed by atoms with van der Waals surface area (Å²) in [6.07, 6.45) is 0.0546. The van der Waals surface area contributed by atoms with E-state index in [2.05, 4.69) is 13.2 Å². The van der Waals surface area contributed by atoms with Crippen LogP contribution >= 0.6 is 0 Å². The van der Waals surface area contributed by atoms with E-state index in [1.807, 2.05) is 30.3 Å². The fourth-order valence-electron chi connectivity index (χ4n) is 3.33. The minimum absolute atomic E-state index is 0.00680. The highest BCUT2D eigenvalue weighted by Crippen LogP contribution is 2.32. The lowest BCUT2D eigenvalue weighted by Crippen LogP contribution is -2.59. The minimum atomic E-state index is -1.04. The highest BCUT2D eigenvalue weighted by molar-refractivity contribution is 5.75. The quantitative estimate of drug-likeness (QED) is 0.271.